The number of aromatic nitrogens is 5. The van der Waals surface area contributed by atoms with Crippen molar-refractivity contribution in [3.63, 3.8) is 0 Å². The summed E-state index contributed by atoms with van der Waals surface area (Å²) in [5.41, 5.74) is 12.2. The van der Waals surface area contributed by atoms with Crippen LogP contribution in [0.25, 0.3) is 0 Å². The molecule has 0 aliphatic heterocycles. The molecule has 0 fully saturated rings. The zero-order valence-electron chi connectivity index (χ0n) is 7.44. The molecule has 7 nitrogen and oxygen atoms in total. The van der Waals surface area contributed by atoms with Gasteiger partial charge in [-0.1, -0.05) is 0 Å². The molecule has 2 aromatic heterocycles. The van der Waals surface area contributed by atoms with Gasteiger partial charge >= 0.3 is 0 Å². The van der Waals surface area contributed by atoms with E-state index in [4.69, 9.17) is 11.5 Å². The summed E-state index contributed by atoms with van der Waals surface area (Å²) in [6.45, 7) is 0. The largest absolute Gasteiger partial charge is 0.367 e. The van der Waals surface area contributed by atoms with Gasteiger partial charge in [0.25, 0.3) is 0 Å². The lowest BCUT2D eigenvalue weighted by atomic mass is 10.2. The number of nitrogen functional groups attached to an aromatic ring is 1. The molecular weight excluding hydrogens is 182 g/mol. The lowest BCUT2D eigenvalue weighted by molar-refractivity contribution is 0.662. The highest BCUT2D eigenvalue weighted by Crippen LogP contribution is 2.10. The Morgan fingerprint density at radius 2 is 2.36 bits per heavy atom. The summed E-state index contributed by atoms with van der Waals surface area (Å²) in [4.78, 5) is 10.8. The maximum Gasteiger partial charge on any atom is 0.239 e. The molecule has 0 aliphatic rings. The number of imidazole rings is 1. The highest BCUT2D eigenvalue weighted by molar-refractivity contribution is 5.15. The second-order valence-electron chi connectivity index (χ2n) is 2.97. The van der Waals surface area contributed by atoms with Crippen LogP contribution in [-0.4, -0.2) is 25.1 Å². The molecule has 7 heteroatoms. The predicted molar refractivity (Wildman–Crippen MR) is 50.0 cm³/mol. The number of aromatic amines is 2. The average Bonchev–Trinajstić information content (AvgIpc) is 2.75. The predicted octanol–water partition coefficient (Wildman–Crippen LogP) is -0.648. The fourth-order valence-electron chi connectivity index (χ4n) is 1.18. The molecule has 0 aromatic carbocycles. The number of rotatable bonds is 3. The fourth-order valence-corrected chi connectivity index (χ4v) is 1.18. The molecule has 1 unspecified atom stereocenters. The number of hydrogen-bond donors (Lipinski definition) is 4. The maximum atomic E-state index is 5.86. The van der Waals surface area contributed by atoms with E-state index in [-0.39, 0.29) is 12.0 Å². The molecule has 2 heterocycles. The van der Waals surface area contributed by atoms with Gasteiger partial charge in [-0.15, -0.1) is 5.10 Å². The van der Waals surface area contributed by atoms with Crippen LogP contribution in [-0.2, 0) is 6.42 Å². The molecule has 6 N–H and O–H groups in total. The van der Waals surface area contributed by atoms with Crippen molar-refractivity contribution >= 4 is 5.95 Å². The number of anilines is 1. The first kappa shape index (κ1) is 8.70. The van der Waals surface area contributed by atoms with E-state index >= 15 is 0 Å². The fraction of sp³-hybridized carbons (Fsp3) is 0.286. The molecule has 0 saturated heterocycles. The van der Waals surface area contributed by atoms with Crippen LogP contribution in [0.3, 0.4) is 0 Å². The molecule has 2 aromatic rings. The minimum atomic E-state index is -0.250. The van der Waals surface area contributed by atoms with Crippen LogP contribution >= 0.6 is 0 Å². The Labute approximate surface area is 79.9 Å². The van der Waals surface area contributed by atoms with Gasteiger partial charge in [0.2, 0.25) is 5.95 Å². The molecule has 0 radical (unpaired) electrons. The average molecular weight is 193 g/mol. The normalized spacial score (nSPS) is 12.9. The summed E-state index contributed by atoms with van der Waals surface area (Å²) >= 11 is 0. The second-order valence-corrected chi connectivity index (χ2v) is 2.97. The Morgan fingerprint density at radius 3 is 2.93 bits per heavy atom. The van der Waals surface area contributed by atoms with E-state index in [1.807, 2.05) is 0 Å². The van der Waals surface area contributed by atoms with Crippen LogP contribution in [0.15, 0.2) is 12.5 Å². The van der Waals surface area contributed by atoms with Gasteiger partial charge < -0.3 is 16.5 Å². The summed E-state index contributed by atoms with van der Waals surface area (Å²) in [6.07, 6.45) is 3.95. The van der Waals surface area contributed by atoms with Crippen molar-refractivity contribution in [2.45, 2.75) is 12.5 Å². The zero-order chi connectivity index (χ0) is 9.97. The monoisotopic (exact) mass is 193 g/mol. The zero-order valence-corrected chi connectivity index (χ0v) is 7.44. The number of H-pyrrole nitrogens is 2. The van der Waals surface area contributed by atoms with Crippen molar-refractivity contribution in [3.8, 4) is 0 Å². The van der Waals surface area contributed by atoms with Crippen molar-refractivity contribution in [1.29, 1.82) is 0 Å². The Bertz CT molecular complexity index is 390. The molecule has 2 rings (SSSR count). The standard InChI is InChI=1S/C7H11N7/c8-5(1-4-2-10-3-11-4)6-12-7(9)14-13-6/h2-3,5H,1,8H2,(H,10,11)(H3,9,12,13,14). The third kappa shape index (κ3) is 1.72. The van der Waals surface area contributed by atoms with E-state index in [1.165, 1.54) is 0 Å². The van der Waals surface area contributed by atoms with Gasteiger partial charge in [-0.3, -0.25) is 5.10 Å². The molecule has 0 bridgehead atoms. The van der Waals surface area contributed by atoms with Gasteiger partial charge in [-0.2, -0.15) is 4.98 Å². The molecule has 0 spiro atoms. The number of nitrogens with zero attached hydrogens (tertiary/aromatic N) is 3. The van der Waals surface area contributed by atoms with Gasteiger partial charge in [0.1, 0.15) is 5.82 Å². The summed E-state index contributed by atoms with van der Waals surface area (Å²) < 4.78 is 0. The van der Waals surface area contributed by atoms with Crippen molar-refractivity contribution in [3.05, 3.63) is 24.0 Å². The Morgan fingerprint density at radius 1 is 1.50 bits per heavy atom. The van der Waals surface area contributed by atoms with Gasteiger partial charge in [-0.05, 0) is 0 Å². The van der Waals surface area contributed by atoms with E-state index in [9.17, 15) is 0 Å². The summed E-state index contributed by atoms with van der Waals surface area (Å²) in [7, 11) is 0. The van der Waals surface area contributed by atoms with E-state index in [0.717, 1.165) is 5.69 Å². The molecule has 1 atom stereocenters. The minimum Gasteiger partial charge on any atom is -0.367 e. The number of nitrogens with one attached hydrogen (secondary N) is 2. The number of nitrogens with two attached hydrogens (primary N) is 2. The van der Waals surface area contributed by atoms with Crippen LogP contribution in [0, 0.1) is 0 Å². The Hall–Kier alpha value is -1.89. The topological polar surface area (TPSA) is 122 Å². The Kier molecular flexibility index (Phi) is 2.15. The lowest BCUT2D eigenvalue weighted by Crippen LogP contribution is -2.15. The first-order valence-electron chi connectivity index (χ1n) is 4.16. The van der Waals surface area contributed by atoms with Crippen LogP contribution in [0.4, 0.5) is 5.95 Å². The summed E-state index contributed by atoms with van der Waals surface area (Å²) in [6, 6.07) is -0.250. The van der Waals surface area contributed by atoms with Crippen molar-refractivity contribution in [2.24, 2.45) is 5.73 Å². The molecule has 0 amide bonds. The highest BCUT2D eigenvalue weighted by atomic mass is 15.3. The van der Waals surface area contributed by atoms with E-state index in [1.54, 1.807) is 12.5 Å². The maximum absolute atomic E-state index is 5.86. The highest BCUT2D eigenvalue weighted by Gasteiger charge is 2.11. The van der Waals surface area contributed by atoms with Gasteiger partial charge in [0, 0.05) is 18.3 Å². The second kappa shape index (κ2) is 3.46. The summed E-state index contributed by atoms with van der Waals surface area (Å²) in [5.74, 6) is 0.789. The van der Waals surface area contributed by atoms with Crippen molar-refractivity contribution in [2.75, 3.05) is 5.73 Å². The first-order chi connectivity index (χ1) is 6.75. The van der Waals surface area contributed by atoms with E-state index in [2.05, 4.69) is 25.1 Å². The van der Waals surface area contributed by atoms with Gasteiger partial charge in [0.05, 0.1) is 12.4 Å². The van der Waals surface area contributed by atoms with Crippen LogP contribution in [0.2, 0.25) is 0 Å². The first-order valence-corrected chi connectivity index (χ1v) is 4.16. The molecular formula is C7H11N7. The van der Waals surface area contributed by atoms with Crippen LogP contribution in [0.1, 0.15) is 17.6 Å². The van der Waals surface area contributed by atoms with Crippen molar-refractivity contribution < 1.29 is 0 Å². The Balaban J connectivity index is 2.06. The number of hydrogen-bond acceptors (Lipinski definition) is 5. The lowest BCUT2D eigenvalue weighted by Gasteiger charge is -2.05. The molecule has 0 saturated carbocycles. The third-order valence-corrected chi connectivity index (χ3v) is 1.87. The van der Waals surface area contributed by atoms with Gasteiger partial charge in [0.15, 0.2) is 0 Å². The van der Waals surface area contributed by atoms with Gasteiger partial charge in [-0.25, -0.2) is 4.98 Å². The quantitative estimate of drug-likeness (QED) is 0.516. The van der Waals surface area contributed by atoms with Crippen molar-refractivity contribution in [1.82, 2.24) is 25.1 Å². The smallest absolute Gasteiger partial charge is 0.239 e. The molecule has 14 heavy (non-hydrogen) atoms. The van der Waals surface area contributed by atoms with Crippen LogP contribution < -0.4 is 11.5 Å². The summed E-state index contributed by atoms with van der Waals surface area (Å²) in [5, 5.41) is 6.38. The third-order valence-electron chi connectivity index (χ3n) is 1.87. The van der Waals surface area contributed by atoms with E-state index in [0.29, 0.717) is 12.2 Å². The SMILES string of the molecule is Nc1n[nH]c(C(N)Cc2cnc[nH]2)n1. The van der Waals surface area contributed by atoms with E-state index < -0.39 is 0 Å². The molecule has 0 aliphatic carbocycles. The molecule has 74 valence electrons. The minimum absolute atomic E-state index is 0.208. The van der Waals surface area contributed by atoms with Crippen LogP contribution in [0.5, 0.6) is 0 Å².